The first-order chi connectivity index (χ1) is 9.88. The normalized spacial score (nSPS) is 11.0. The molecule has 0 aliphatic heterocycles. The number of anilines is 1. The highest BCUT2D eigenvalue weighted by Gasteiger charge is 2.13. The second-order valence-corrected chi connectivity index (χ2v) is 5.09. The van der Waals surface area contributed by atoms with Crippen LogP contribution in [-0.4, -0.2) is 36.1 Å². The SMILES string of the molecule is Cc1cc(C)c(NC(=O)/C(C#N)=C\N(C)CCO)c(C)c1. The third-order valence-electron chi connectivity index (χ3n) is 3.08. The van der Waals surface area contributed by atoms with Crippen molar-refractivity contribution in [2.45, 2.75) is 20.8 Å². The number of carbonyl (C=O) groups excluding carboxylic acids is 1. The lowest BCUT2D eigenvalue weighted by atomic mass is 10.0. The number of aryl methyl sites for hydroxylation is 3. The van der Waals surface area contributed by atoms with Crippen LogP contribution in [0, 0.1) is 32.1 Å². The van der Waals surface area contributed by atoms with E-state index in [0.717, 1.165) is 22.4 Å². The summed E-state index contributed by atoms with van der Waals surface area (Å²) in [7, 11) is 1.70. The van der Waals surface area contributed by atoms with Gasteiger partial charge in [-0.1, -0.05) is 17.7 Å². The molecule has 0 unspecified atom stereocenters. The molecule has 1 rings (SSSR count). The molecule has 0 atom stereocenters. The fraction of sp³-hybridized carbons (Fsp3) is 0.375. The highest BCUT2D eigenvalue weighted by molar-refractivity contribution is 6.07. The van der Waals surface area contributed by atoms with E-state index in [1.54, 1.807) is 11.9 Å². The van der Waals surface area contributed by atoms with E-state index >= 15 is 0 Å². The molecule has 0 radical (unpaired) electrons. The van der Waals surface area contributed by atoms with E-state index in [-0.39, 0.29) is 12.2 Å². The van der Waals surface area contributed by atoms with E-state index < -0.39 is 5.91 Å². The average Bonchev–Trinajstić information content (AvgIpc) is 2.40. The van der Waals surface area contributed by atoms with Gasteiger partial charge in [-0.3, -0.25) is 4.79 Å². The first kappa shape index (κ1) is 16.7. The zero-order valence-corrected chi connectivity index (χ0v) is 12.9. The molecule has 0 aliphatic carbocycles. The Kier molecular flexibility index (Phi) is 5.94. The van der Waals surface area contributed by atoms with Gasteiger partial charge in [0.2, 0.25) is 0 Å². The fourth-order valence-corrected chi connectivity index (χ4v) is 2.14. The monoisotopic (exact) mass is 287 g/mol. The standard InChI is InChI=1S/C16H21N3O2/c1-11-7-12(2)15(13(3)8-11)18-16(21)14(9-17)10-19(4)5-6-20/h7-8,10,20H,5-6H2,1-4H3,(H,18,21)/b14-10-. The highest BCUT2D eigenvalue weighted by atomic mass is 16.3. The number of nitrogens with one attached hydrogen (secondary N) is 1. The van der Waals surface area contributed by atoms with Gasteiger partial charge in [-0.15, -0.1) is 0 Å². The number of hydrogen-bond acceptors (Lipinski definition) is 4. The summed E-state index contributed by atoms with van der Waals surface area (Å²) in [6, 6.07) is 5.85. The molecule has 112 valence electrons. The van der Waals surface area contributed by atoms with Crippen LogP contribution < -0.4 is 5.32 Å². The van der Waals surface area contributed by atoms with Crippen molar-refractivity contribution in [2.24, 2.45) is 0 Å². The third-order valence-corrected chi connectivity index (χ3v) is 3.08. The molecule has 2 N–H and O–H groups in total. The molecule has 0 saturated carbocycles. The fourth-order valence-electron chi connectivity index (χ4n) is 2.14. The van der Waals surface area contributed by atoms with Crippen LogP contribution in [0.3, 0.4) is 0 Å². The topological polar surface area (TPSA) is 76.4 Å². The number of benzene rings is 1. The Morgan fingerprint density at radius 1 is 1.38 bits per heavy atom. The van der Waals surface area contributed by atoms with Crippen LogP contribution in [0.4, 0.5) is 5.69 Å². The second-order valence-electron chi connectivity index (χ2n) is 5.09. The van der Waals surface area contributed by atoms with Crippen LogP contribution in [0.25, 0.3) is 0 Å². The maximum Gasteiger partial charge on any atom is 0.267 e. The molecule has 5 nitrogen and oxygen atoms in total. The molecule has 0 aromatic heterocycles. The molecule has 1 aromatic rings. The van der Waals surface area contributed by atoms with Gasteiger partial charge in [-0.05, 0) is 31.9 Å². The minimum Gasteiger partial charge on any atom is -0.395 e. The maximum absolute atomic E-state index is 12.2. The predicted octanol–water partition coefficient (Wildman–Crippen LogP) is 1.88. The number of hydrogen-bond donors (Lipinski definition) is 2. The maximum atomic E-state index is 12.2. The molecule has 0 aliphatic rings. The minimum atomic E-state index is -0.447. The van der Waals surface area contributed by atoms with Crippen molar-refractivity contribution >= 4 is 11.6 Å². The Morgan fingerprint density at radius 3 is 2.43 bits per heavy atom. The number of likely N-dealkylation sites (N-methyl/N-ethyl adjacent to an activating group) is 1. The van der Waals surface area contributed by atoms with Crippen molar-refractivity contribution in [3.05, 3.63) is 40.6 Å². The highest BCUT2D eigenvalue weighted by Crippen LogP contribution is 2.22. The number of aliphatic hydroxyl groups excluding tert-OH is 1. The van der Waals surface area contributed by atoms with Gasteiger partial charge < -0.3 is 15.3 Å². The molecular weight excluding hydrogens is 266 g/mol. The van der Waals surface area contributed by atoms with Gasteiger partial charge in [0.05, 0.1) is 6.61 Å². The van der Waals surface area contributed by atoms with E-state index in [1.165, 1.54) is 6.20 Å². The first-order valence-corrected chi connectivity index (χ1v) is 6.71. The zero-order chi connectivity index (χ0) is 16.0. The van der Waals surface area contributed by atoms with E-state index in [4.69, 9.17) is 10.4 Å². The molecule has 0 saturated heterocycles. The predicted molar refractivity (Wildman–Crippen MR) is 82.7 cm³/mol. The van der Waals surface area contributed by atoms with E-state index in [2.05, 4.69) is 5.32 Å². The summed E-state index contributed by atoms with van der Waals surface area (Å²) in [6.45, 7) is 6.16. The van der Waals surface area contributed by atoms with Crippen LogP contribution >= 0.6 is 0 Å². The van der Waals surface area contributed by atoms with Gasteiger partial charge in [-0.25, -0.2) is 0 Å². The van der Waals surface area contributed by atoms with Gasteiger partial charge in [0.25, 0.3) is 5.91 Å². The molecule has 5 heteroatoms. The summed E-state index contributed by atoms with van der Waals surface area (Å²) in [5.74, 6) is -0.447. The van der Waals surface area contributed by atoms with E-state index in [0.29, 0.717) is 6.54 Å². The van der Waals surface area contributed by atoms with Crippen LogP contribution in [0.2, 0.25) is 0 Å². The van der Waals surface area contributed by atoms with Gasteiger partial charge in [0.15, 0.2) is 0 Å². The number of rotatable bonds is 5. The molecule has 0 fully saturated rings. The molecule has 1 amide bonds. The Bertz CT molecular complexity index is 577. The van der Waals surface area contributed by atoms with Crippen molar-refractivity contribution in [1.82, 2.24) is 4.90 Å². The van der Waals surface area contributed by atoms with E-state index in [9.17, 15) is 4.79 Å². The molecule has 0 heterocycles. The Labute approximate surface area is 125 Å². The van der Waals surface area contributed by atoms with Gasteiger partial charge >= 0.3 is 0 Å². The zero-order valence-electron chi connectivity index (χ0n) is 12.9. The summed E-state index contributed by atoms with van der Waals surface area (Å²) in [5.41, 5.74) is 3.78. The third kappa shape index (κ3) is 4.62. The molecule has 0 spiro atoms. The number of aliphatic hydroxyl groups is 1. The van der Waals surface area contributed by atoms with Crippen LogP contribution in [0.5, 0.6) is 0 Å². The Hall–Kier alpha value is -2.32. The van der Waals surface area contributed by atoms with Gasteiger partial charge in [-0.2, -0.15) is 5.26 Å². The van der Waals surface area contributed by atoms with Crippen molar-refractivity contribution in [3.8, 4) is 6.07 Å². The lowest BCUT2D eigenvalue weighted by Crippen LogP contribution is -2.21. The summed E-state index contributed by atoms with van der Waals surface area (Å²) >= 11 is 0. The van der Waals surface area contributed by atoms with Crippen molar-refractivity contribution in [3.63, 3.8) is 0 Å². The van der Waals surface area contributed by atoms with Crippen molar-refractivity contribution in [2.75, 3.05) is 25.5 Å². The molecule has 1 aromatic carbocycles. The van der Waals surface area contributed by atoms with Gasteiger partial charge in [0.1, 0.15) is 11.6 Å². The summed E-state index contributed by atoms with van der Waals surface area (Å²) in [4.78, 5) is 13.8. The summed E-state index contributed by atoms with van der Waals surface area (Å²) in [6.07, 6.45) is 1.43. The largest absolute Gasteiger partial charge is 0.395 e. The molecular formula is C16H21N3O2. The van der Waals surface area contributed by atoms with Crippen molar-refractivity contribution in [1.29, 1.82) is 5.26 Å². The first-order valence-electron chi connectivity index (χ1n) is 6.71. The van der Waals surface area contributed by atoms with E-state index in [1.807, 2.05) is 39.0 Å². The number of nitrogens with zero attached hydrogens (tertiary/aromatic N) is 2. The quantitative estimate of drug-likeness (QED) is 0.640. The molecule has 21 heavy (non-hydrogen) atoms. The Balaban J connectivity index is 2.97. The summed E-state index contributed by atoms with van der Waals surface area (Å²) < 4.78 is 0. The Morgan fingerprint density at radius 2 is 1.95 bits per heavy atom. The molecule has 0 bridgehead atoms. The van der Waals surface area contributed by atoms with Crippen LogP contribution in [0.1, 0.15) is 16.7 Å². The summed E-state index contributed by atoms with van der Waals surface area (Å²) in [5, 5.41) is 20.7. The minimum absolute atomic E-state index is 0.00493. The lowest BCUT2D eigenvalue weighted by Gasteiger charge is -2.15. The lowest BCUT2D eigenvalue weighted by molar-refractivity contribution is -0.112. The van der Waals surface area contributed by atoms with Gasteiger partial charge in [0, 0.05) is 25.5 Å². The number of nitriles is 1. The second kappa shape index (κ2) is 7.46. The smallest absolute Gasteiger partial charge is 0.267 e. The number of amides is 1. The number of carbonyl (C=O) groups is 1. The van der Waals surface area contributed by atoms with Crippen LogP contribution in [0.15, 0.2) is 23.9 Å². The van der Waals surface area contributed by atoms with Crippen molar-refractivity contribution < 1.29 is 9.90 Å². The van der Waals surface area contributed by atoms with Crippen LogP contribution in [-0.2, 0) is 4.79 Å². The average molecular weight is 287 g/mol.